The van der Waals surface area contributed by atoms with Gasteiger partial charge in [-0.15, -0.1) is 0 Å². The highest BCUT2D eigenvalue weighted by Gasteiger charge is 2.35. The first kappa shape index (κ1) is 16.2. The van der Waals surface area contributed by atoms with E-state index in [4.69, 9.17) is 14.7 Å². The summed E-state index contributed by atoms with van der Waals surface area (Å²) < 4.78 is 9.71. The molecule has 0 spiro atoms. The zero-order chi connectivity index (χ0) is 14.3. The Labute approximate surface area is 107 Å². The maximum Gasteiger partial charge on any atom is 0.348 e. The number of ether oxygens (including phenoxy) is 2. The topological polar surface area (TPSA) is 76.4 Å². The summed E-state index contributed by atoms with van der Waals surface area (Å²) in [6, 6.07) is 1.79. The third-order valence-corrected chi connectivity index (χ3v) is 2.69. The van der Waals surface area contributed by atoms with E-state index in [2.05, 4.69) is 0 Å². The standard InChI is InChI=1S/C13H19NO4/c1-6-17-11(15)10(8-14)9(3)13(4,5)12(16)18-7-2/h6-7H2,1-5H3/b10-9+. The maximum absolute atomic E-state index is 11.8. The summed E-state index contributed by atoms with van der Waals surface area (Å²) in [6.45, 7) is 8.55. The van der Waals surface area contributed by atoms with Gasteiger partial charge in [0.2, 0.25) is 0 Å². The van der Waals surface area contributed by atoms with Crippen LogP contribution in [0.15, 0.2) is 11.1 Å². The molecule has 0 radical (unpaired) electrons. The summed E-state index contributed by atoms with van der Waals surface area (Å²) in [7, 11) is 0. The van der Waals surface area contributed by atoms with Crippen LogP contribution in [0.1, 0.15) is 34.6 Å². The van der Waals surface area contributed by atoms with Crippen LogP contribution in [0.2, 0.25) is 0 Å². The molecule has 0 aliphatic rings. The van der Waals surface area contributed by atoms with Crippen LogP contribution in [0.5, 0.6) is 0 Å². The third-order valence-electron chi connectivity index (χ3n) is 2.69. The van der Waals surface area contributed by atoms with Crippen molar-refractivity contribution >= 4 is 11.9 Å². The Morgan fingerprint density at radius 1 is 1.17 bits per heavy atom. The van der Waals surface area contributed by atoms with Crippen molar-refractivity contribution in [1.29, 1.82) is 5.26 Å². The third kappa shape index (κ3) is 3.59. The van der Waals surface area contributed by atoms with Gasteiger partial charge < -0.3 is 9.47 Å². The second-order valence-corrected chi connectivity index (χ2v) is 4.18. The number of rotatable bonds is 5. The normalized spacial score (nSPS) is 12.2. The Balaban J connectivity index is 5.41. The molecule has 0 heterocycles. The quantitative estimate of drug-likeness (QED) is 0.425. The summed E-state index contributed by atoms with van der Waals surface area (Å²) >= 11 is 0. The van der Waals surface area contributed by atoms with E-state index in [0.29, 0.717) is 5.57 Å². The molecule has 0 aromatic rings. The second kappa shape index (κ2) is 6.80. The molecule has 0 amide bonds. The number of carbonyl (C=O) groups excluding carboxylic acids is 2. The molecule has 5 heteroatoms. The molecule has 5 nitrogen and oxygen atoms in total. The van der Waals surface area contributed by atoms with Crippen LogP contribution in [0, 0.1) is 16.7 Å². The van der Waals surface area contributed by atoms with Gasteiger partial charge in [-0.05, 0) is 40.2 Å². The van der Waals surface area contributed by atoms with E-state index < -0.39 is 17.4 Å². The number of hydrogen-bond acceptors (Lipinski definition) is 5. The highest BCUT2D eigenvalue weighted by atomic mass is 16.5. The first-order valence-electron chi connectivity index (χ1n) is 5.78. The second-order valence-electron chi connectivity index (χ2n) is 4.18. The minimum absolute atomic E-state index is 0.144. The van der Waals surface area contributed by atoms with Gasteiger partial charge in [0.1, 0.15) is 11.6 Å². The summed E-state index contributed by atoms with van der Waals surface area (Å²) in [5.74, 6) is -1.19. The lowest BCUT2D eigenvalue weighted by Crippen LogP contribution is -2.30. The van der Waals surface area contributed by atoms with Crippen LogP contribution in [0.4, 0.5) is 0 Å². The molecule has 0 bridgehead atoms. The number of nitriles is 1. The molecule has 0 unspecified atom stereocenters. The van der Waals surface area contributed by atoms with E-state index in [9.17, 15) is 9.59 Å². The SMILES string of the molecule is CCOC(=O)/C(C#N)=C(\C)C(C)(C)C(=O)OCC. The van der Waals surface area contributed by atoms with Gasteiger partial charge in [0.25, 0.3) is 0 Å². The molecule has 0 fully saturated rings. The first-order valence-corrected chi connectivity index (χ1v) is 5.78. The van der Waals surface area contributed by atoms with Gasteiger partial charge >= 0.3 is 11.9 Å². The number of nitrogens with zero attached hydrogens (tertiary/aromatic N) is 1. The van der Waals surface area contributed by atoms with Crippen molar-refractivity contribution in [1.82, 2.24) is 0 Å². The van der Waals surface area contributed by atoms with E-state index in [1.54, 1.807) is 40.7 Å². The van der Waals surface area contributed by atoms with Crippen molar-refractivity contribution in [2.75, 3.05) is 13.2 Å². The van der Waals surface area contributed by atoms with Crippen molar-refractivity contribution in [3.05, 3.63) is 11.1 Å². The van der Waals surface area contributed by atoms with E-state index in [-0.39, 0.29) is 18.8 Å². The monoisotopic (exact) mass is 253 g/mol. The highest BCUT2D eigenvalue weighted by Crippen LogP contribution is 2.30. The van der Waals surface area contributed by atoms with Gasteiger partial charge in [-0.1, -0.05) is 0 Å². The fraction of sp³-hybridized carbons (Fsp3) is 0.615. The molecular formula is C13H19NO4. The molecule has 18 heavy (non-hydrogen) atoms. The summed E-state index contributed by atoms with van der Waals surface area (Å²) in [5.41, 5.74) is -0.829. The van der Waals surface area contributed by atoms with Crippen molar-refractivity contribution in [3.63, 3.8) is 0 Å². The van der Waals surface area contributed by atoms with Crippen LogP contribution < -0.4 is 0 Å². The zero-order valence-corrected chi connectivity index (χ0v) is 11.5. The molecule has 0 atom stereocenters. The molecule has 0 N–H and O–H groups in total. The molecule has 0 saturated carbocycles. The molecule has 0 aromatic carbocycles. The smallest absolute Gasteiger partial charge is 0.348 e. The van der Waals surface area contributed by atoms with Crippen molar-refractivity contribution in [2.24, 2.45) is 5.41 Å². The highest BCUT2D eigenvalue weighted by molar-refractivity contribution is 5.95. The maximum atomic E-state index is 11.8. The number of esters is 2. The average Bonchev–Trinajstić information content (AvgIpc) is 2.30. The summed E-state index contributed by atoms with van der Waals surface area (Å²) in [6.07, 6.45) is 0. The summed E-state index contributed by atoms with van der Waals surface area (Å²) in [5, 5.41) is 9.01. The van der Waals surface area contributed by atoms with Gasteiger partial charge in [0.05, 0.1) is 18.6 Å². The largest absolute Gasteiger partial charge is 0.465 e. The van der Waals surface area contributed by atoms with Crippen LogP contribution in [0.25, 0.3) is 0 Å². The molecule has 0 aliphatic carbocycles. The number of hydrogen-bond donors (Lipinski definition) is 0. The predicted molar refractivity (Wildman–Crippen MR) is 65.4 cm³/mol. The van der Waals surface area contributed by atoms with E-state index >= 15 is 0 Å². The lowest BCUT2D eigenvalue weighted by Gasteiger charge is -2.24. The van der Waals surface area contributed by atoms with Crippen LogP contribution in [-0.2, 0) is 19.1 Å². The van der Waals surface area contributed by atoms with Gasteiger partial charge in [-0.3, -0.25) is 4.79 Å². The minimum Gasteiger partial charge on any atom is -0.465 e. The Hall–Kier alpha value is -1.83. The van der Waals surface area contributed by atoms with E-state index in [1.807, 2.05) is 0 Å². The van der Waals surface area contributed by atoms with Crippen LogP contribution in [0.3, 0.4) is 0 Å². The molecule has 0 aromatic heterocycles. The molecule has 100 valence electrons. The Morgan fingerprint density at radius 3 is 2.06 bits per heavy atom. The average molecular weight is 253 g/mol. The van der Waals surface area contributed by atoms with E-state index in [0.717, 1.165) is 0 Å². The summed E-state index contributed by atoms with van der Waals surface area (Å²) in [4.78, 5) is 23.4. The fourth-order valence-corrected chi connectivity index (χ4v) is 1.26. The van der Waals surface area contributed by atoms with Gasteiger partial charge in [-0.2, -0.15) is 5.26 Å². The Morgan fingerprint density at radius 2 is 1.67 bits per heavy atom. The minimum atomic E-state index is -1.03. The zero-order valence-electron chi connectivity index (χ0n) is 11.5. The predicted octanol–water partition coefficient (Wildman–Crippen LogP) is 1.98. The van der Waals surface area contributed by atoms with Gasteiger partial charge in [-0.25, -0.2) is 4.79 Å². The molecule has 0 aliphatic heterocycles. The van der Waals surface area contributed by atoms with E-state index in [1.165, 1.54) is 0 Å². The molecule has 0 rings (SSSR count). The molecular weight excluding hydrogens is 234 g/mol. The number of carbonyl (C=O) groups is 2. The van der Waals surface area contributed by atoms with Crippen LogP contribution in [-0.4, -0.2) is 25.2 Å². The first-order chi connectivity index (χ1) is 8.32. The molecule has 0 saturated heterocycles. The van der Waals surface area contributed by atoms with Gasteiger partial charge in [0.15, 0.2) is 0 Å². The lowest BCUT2D eigenvalue weighted by molar-refractivity contribution is -0.151. The van der Waals surface area contributed by atoms with Crippen LogP contribution >= 0.6 is 0 Å². The van der Waals surface area contributed by atoms with Crippen molar-refractivity contribution in [3.8, 4) is 6.07 Å². The van der Waals surface area contributed by atoms with Crippen molar-refractivity contribution < 1.29 is 19.1 Å². The fourth-order valence-electron chi connectivity index (χ4n) is 1.26. The lowest BCUT2D eigenvalue weighted by atomic mass is 9.82. The Bertz CT molecular complexity index is 402. The van der Waals surface area contributed by atoms with Crippen molar-refractivity contribution in [2.45, 2.75) is 34.6 Å². The van der Waals surface area contributed by atoms with Gasteiger partial charge in [0, 0.05) is 0 Å². The Kier molecular flexibility index (Phi) is 6.11.